The van der Waals surface area contributed by atoms with E-state index in [0.717, 1.165) is 10.0 Å². The van der Waals surface area contributed by atoms with Crippen molar-refractivity contribution in [2.45, 2.75) is 52.2 Å². The highest BCUT2D eigenvalue weighted by molar-refractivity contribution is 9.10. The summed E-state index contributed by atoms with van der Waals surface area (Å²) < 4.78 is 13.5. The molecule has 0 saturated heterocycles. The number of rotatable bonds is 10. The molecule has 4 nitrogen and oxygen atoms in total. The molecule has 0 saturated carbocycles. The highest BCUT2D eigenvalue weighted by atomic mass is 79.9. The molecule has 0 aliphatic carbocycles. The lowest BCUT2D eigenvalue weighted by molar-refractivity contribution is 0.0470. The van der Waals surface area contributed by atoms with Crippen molar-refractivity contribution in [1.82, 2.24) is 4.98 Å². The molecule has 0 fully saturated rings. The molecule has 0 radical (unpaired) electrons. The van der Waals surface area contributed by atoms with Gasteiger partial charge < -0.3 is 14.3 Å². The summed E-state index contributed by atoms with van der Waals surface area (Å²) in [6.07, 6.45) is 3.19. The fourth-order valence-electron chi connectivity index (χ4n) is 4.88. The SMILES string of the molecule is C=CC(C)(CCO[Si](c1ccccc1)(c1ccccc1)C(C)(C)C)C(O)c1ncc(Br)c(C)c1OC. The number of hydrogen-bond acceptors (Lipinski definition) is 4. The van der Waals surface area contributed by atoms with Crippen LogP contribution in [0.15, 0.2) is 84.0 Å². The van der Waals surface area contributed by atoms with Gasteiger partial charge in [0.1, 0.15) is 17.5 Å². The number of aliphatic hydroxyl groups is 1. The van der Waals surface area contributed by atoms with Crippen LogP contribution in [0, 0.1) is 12.3 Å². The minimum absolute atomic E-state index is 0.119. The molecule has 0 bridgehead atoms. The molecule has 6 heteroatoms. The van der Waals surface area contributed by atoms with Crippen LogP contribution in [0.25, 0.3) is 0 Å². The second-order valence-corrected chi connectivity index (χ2v) is 15.7. The van der Waals surface area contributed by atoms with Crippen molar-refractivity contribution in [3.05, 3.63) is 95.2 Å². The maximum atomic E-state index is 11.5. The normalized spacial score (nSPS) is 14.7. The molecule has 192 valence electrons. The van der Waals surface area contributed by atoms with Crippen LogP contribution in [0.1, 0.15) is 51.5 Å². The predicted octanol–water partition coefficient (Wildman–Crippen LogP) is 6.35. The number of benzene rings is 2. The van der Waals surface area contributed by atoms with E-state index >= 15 is 0 Å². The Morgan fingerprint density at radius 2 is 1.56 bits per heavy atom. The summed E-state index contributed by atoms with van der Waals surface area (Å²) in [7, 11) is -1.07. The number of aromatic nitrogens is 1. The molecular weight excluding hydrogens is 530 g/mol. The average molecular weight is 569 g/mol. The Balaban J connectivity index is 1.98. The lowest BCUT2D eigenvalue weighted by Crippen LogP contribution is -2.66. The lowest BCUT2D eigenvalue weighted by atomic mass is 9.79. The number of nitrogens with zero attached hydrogens (tertiary/aromatic N) is 1. The molecule has 2 aromatic carbocycles. The van der Waals surface area contributed by atoms with Crippen molar-refractivity contribution >= 4 is 34.6 Å². The van der Waals surface area contributed by atoms with Crippen LogP contribution in [0.5, 0.6) is 5.75 Å². The summed E-state index contributed by atoms with van der Waals surface area (Å²) in [6, 6.07) is 21.2. The van der Waals surface area contributed by atoms with Gasteiger partial charge in [-0.1, -0.05) is 94.4 Å². The van der Waals surface area contributed by atoms with E-state index in [-0.39, 0.29) is 5.04 Å². The van der Waals surface area contributed by atoms with Gasteiger partial charge in [-0.25, -0.2) is 0 Å². The number of aliphatic hydroxyl groups excluding tert-OH is 1. The van der Waals surface area contributed by atoms with Crippen molar-refractivity contribution in [2.75, 3.05) is 13.7 Å². The van der Waals surface area contributed by atoms with Crippen LogP contribution in [-0.4, -0.2) is 32.1 Å². The molecule has 3 aromatic rings. The van der Waals surface area contributed by atoms with E-state index in [9.17, 15) is 5.11 Å². The first kappa shape index (κ1) is 28.3. The molecule has 0 aliphatic rings. The Bertz CT molecular complexity index is 1120. The van der Waals surface area contributed by atoms with Crippen LogP contribution in [0.3, 0.4) is 0 Å². The van der Waals surface area contributed by atoms with E-state index < -0.39 is 19.8 Å². The maximum absolute atomic E-state index is 11.5. The molecule has 2 unspecified atom stereocenters. The van der Waals surface area contributed by atoms with E-state index in [1.807, 2.05) is 32.1 Å². The lowest BCUT2D eigenvalue weighted by Gasteiger charge is -2.44. The Morgan fingerprint density at radius 1 is 1.03 bits per heavy atom. The topological polar surface area (TPSA) is 51.6 Å². The smallest absolute Gasteiger partial charge is 0.261 e. The zero-order valence-electron chi connectivity index (χ0n) is 22.2. The van der Waals surface area contributed by atoms with Gasteiger partial charge >= 0.3 is 0 Å². The molecule has 0 amide bonds. The third kappa shape index (κ3) is 5.37. The minimum Gasteiger partial charge on any atom is -0.494 e. The first-order valence-electron chi connectivity index (χ1n) is 12.3. The van der Waals surface area contributed by atoms with Gasteiger partial charge in [0.15, 0.2) is 0 Å². The van der Waals surface area contributed by atoms with E-state index in [2.05, 4.69) is 96.8 Å². The van der Waals surface area contributed by atoms with Crippen LogP contribution in [-0.2, 0) is 4.43 Å². The van der Waals surface area contributed by atoms with Gasteiger partial charge in [0.25, 0.3) is 8.32 Å². The first-order chi connectivity index (χ1) is 17.0. The molecule has 1 N–H and O–H groups in total. The van der Waals surface area contributed by atoms with Gasteiger partial charge in [-0.2, -0.15) is 0 Å². The second kappa shape index (κ2) is 11.4. The van der Waals surface area contributed by atoms with Gasteiger partial charge in [0, 0.05) is 28.3 Å². The van der Waals surface area contributed by atoms with Gasteiger partial charge in [0.05, 0.1) is 7.11 Å². The second-order valence-electron chi connectivity index (χ2n) is 10.5. The predicted molar refractivity (Wildman–Crippen MR) is 155 cm³/mol. The summed E-state index contributed by atoms with van der Waals surface area (Å²) in [5.74, 6) is 0.581. The fourth-order valence-corrected chi connectivity index (χ4v) is 9.73. The first-order valence-corrected chi connectivity index (χ1v) is 15.0. The van der Waals surface area contributed by atoms with Gasteiger partial charge in [-0.05, 0) is 44.7 Å². The fraction of sp³-hybridized carbons (Fsp3) is 0.367. The van der Waals surface area contributed by atoms with E-state index in [1.54, 1.807) is 13.3 Å². The van der Waals surface area contributed by atoms with E-state index in [1.165, 1.54) is 10.4 Å². The molecule has 3 rings (SSSR count). The summed E-state index contributed by atoms with van der Waals surface area (Å²) in [6.45, 7) is 15.3. The Labute approximate surface area is 225 Å². The third-order valence-corrected chi connectivity index (χ3v) is 13.0. The monoisotopic (exact) mass is 567 g/mol. The minimum atomic E-state index is -2.67. The average Bonchev–Trinajstić information content (AvgIpc) is 2.88. The zero-order valence-corrected chi connectivity index (χ0v) is 24.8. The van der Waals surface area contributed by atoms with Crippen molar-refractivity contribution in [3.63, 3.8) is 0 Å². The van der Waals surface area contributed by atoms with Crippen molar-refractivity contribution in [2.24, 2.45) is 5.41 Å². The summed E-state index contributed by atoms with van der Waals surface area (Å²) in [5.41, 5.74) is 0.731. The largest absolute Gasteiger partial charge is 0.494 e. The van der Waals surface area contributed by atoms with Crippen LogP contribution >= 0.6 is 15.9 Å². The van der Waals surface area contributed by atoms with E-state index in [4.69, 9.17) is 9.16 Å². The molecule has 2 atom stereocenters. The van der Waals surface area contributed by atoms with Crippen molar-refractivity contribution in [3.8, 4) is 5.75 Å². The molecule has 1 aromatic heterocycles. The van der Waals surface area contributed by atoms with Crippen LogP contribution < -0.4 is 15.1 Å². The number of ether oxygens (including phenoxy) is 1. The molecule has 36 heavy (non-hydrogen) atoms. The van der Waals surface area contributed by atoms with Crippen LogP contribution in [0.2, 0.25) is 5.04 Å². The zero-order chi connectivity index (χ0) is 26.6. The Hall–Kier alpha value is -2.25. The van der Waals surface area contributed by atoms with Crippen molar-refractivity contribution in [1.29, 1.82) is 0 Å². The summed E-state index contributed by atoms with van der Waals surface area (Å²) >= 11 is 3.50. The number of methoxy groups -OCH3 is 1. The van der Waals surface area contributed by atoms with Crippen molar-refractivity contribution < 1.29 is 14.3 Å². The highest BCUT2D eigenvalue weighted by Gasteiger charge is 2.50. The molecule has 0 spiro atoms. The van der Waals surface area contributed by atoms with Gasteiger partial charge in [0.2, 0.25) is 0 Å². The van der Waals surface area contributed by atoms with Gasteiger partial charge in [-0.15, -0.1) is 6.58 Å². The maximum Gasteiger partial charge on any atom is 0.261 e. The molecule has 0 aliphatic heterocycles. The Morgan fingerprint density at radius 3 is 2.00 bits per heavy atom. The highest BCUT2D eigenvalue weighted by Crippen LogP contribution is 2.43. The quantitative estimate of drug-likeness (QED) is 0.229. The summed E-state index contributed by atoms with van der Waals surface area (Å²) in [5, 5.41) is 13.9. The number of hydrogen-bond donors (Lipinski definition) is 1. The van der Waals surface area contributed by atoms with Gasteiger partial charge in [-0.3, -0.25) is 4.98 Å². The third-order valence-electron chi connectivity index (χ3n) is 7.18. The number of halogens is 1. The summed E-state index contributed by atoms with van der Waals surface area (Å²) in [4.78, 5) is 4.51. The molecular formula is C30H38BrNO3Si. The molecule has 1 heterocycles. The van der Waals surface area contributed by atoms with E-state index in [0.29, 0.717) is 24.5 Å². The Kier molecular flexibility index (Phi) is 8.99. The number of pyridine rings is 1. The van der Waals surface area contributed by atoms with Crippen LogP contribution in [0.4, 0.5) is 0 Å². The standard InChI is InChI=1S/C30H38BrNO3Si/c1-8-30(6,28(33)26-27(34-7)22(2)25(31)21-32-26)19-20-35-36(29(3,4)5,23-15-11-9-12-16-23)24-17-13-10-14-18-24/h8-18,21,28,33H,1,19-20H2,2-7H3.